The lowest BCUT2D eigenvalue weighted by Gasteiger charge is -2.34. The number of hydrogen-bond donors (Lipinski definition) is 3. The van der Waals surface area contributed by atoms with Gasteiger partial charge in [0.2, 0.25) is 17.7 Å². The average molecular weight is 695 g/mol. The predicted molar refractivity (Wildman–Crippen MR) is 186 cm³/mol. The molecule has 15 nitrogen and oxygen atoms in total. The Hall–Kier alpha value is -4.36. The van der Waals surface area contributed by atoms with Crippen LogP contribution in [0.4, 0.5) is 0 Å². The molecule has 0 bridgehead atoms. The summed E-state index contributed by atoms with van der Waals surface area (Å²) in [5.41, 5.74) is 6.70. The molecule has 2 aliphatic heterocycles. The predicted octanol–water partition coefficient (Wildman–Crippen LogP) is 1.02. The van der Waals surface area contributed by atoms with Crippen LogP contribution in [0.25, 0.3) is 15.7 Å². The number of nitrogens with two attached hydrogens (primary N) is 1. The molecule has 3 heterocycles. The number of likely N-dealkylation sites (tertiary alicyclic amines) is 1. The van der Waals surface area contributed by atoms with Gasteiger partial charge in [-0.05, 0) is 43.5 Å². The summed E-state index contributed by atoms with van der Waals surface area (Å²) in [5, 5.41) is 6.05. The lowest BCUT2D eigenvalue weighted by atomic mass is 10.1. The van der Waals surface area contributed by atoms with Crippen molar-refractivity contribution in [2.75, 3.05) is 85.4 Å². The minimum atomic E-state index is -0.493. The van der Waals surface area contributed by atoms with Crippen LogP contribution < -0.4 is 21.1 Å². The van der Waals surface area contributed by atoms with Crippen molar-refractivity contribution in [2.45, 2.75) is 51.2 Å². The normalized spacial score (nSPS) is 16.9. The van der Waals surface area contributed by atoms with Crippen LogP contribution in [-0.2, 0) is 23.9 Å². The van der Waals surface area contributed by atoms with E-state index >= 15 is 0 Å². The fourth-order valence-electron chi connectivity index (χ4n) is 5.84. The molecule has 0 radical (unpaired) electrons. The number of hydrogen-bond acceptors (Lipinski definition) is 10. The number of carbonyl (C=O) groups excluding carboxylic acids is 4. The van der Waals surface area contributed by atoms with Gasteiger partial charge in [-0.15, -0.1) is 0 Å². The third-order valence-corrected chi connectivity index (χ3v) is 8.82. The van der Waals surface area contributed by atoms with Crippen LogP contribution in [-0.4, -0.2) is 141 Å². The number of benzene rings is 1. The van der Waals surface area contributed by atoms with E-state index in [1.165, 1.54) is 4.90 Å². The van der Waals surface area contributed by atoms with E-state index in [-0.39, 0.29) is 30.2 Å². The Morgan fingerprint density at radius 1 is 1.00 bits per heavy atom. The molecular formula is C35H50N8O7. The van der Waals surface area contributed by atoms with Crippen LogP contribution in [0.3, 0.4) is 0 Å². The maximum absolute atomic E-state index is 13.0. The van der Waals surface area contributed by atoms with E-state index in [1.54, 1.807) is 24.4 Å². The van der Waals surface area contributed by atoms with E-state index in [1.807, 2.05) is 17.9 Å². The van der Waals surface area contributed by atoms with Gasteiger partial charge in [0.05, 0.1) is 63.1 Å². The molecule has 2 aliphatic rings. The molecule has 4 rings (SSSR count). The number of fused-ring (bicyclic) bond motifs is 1. The van der Waals surface area contributed by atoms with Crippen LogP contribution in [0.15, 0.2) is 30.5 Å². The summed E-state index contributed by atoms with van der Waals surface area (Å²) in [4.78, 5) is 63.4. The Morgan fingerprint density at radius 3 is 2.54 bits per heavy atom. The van der Waals surface area contributed by atoms with E-state index in [0.29, 0.717) is 101 Å². The van der Waals surface area contributed by atoms with Gasteiger partial charge in [-0.2, -0.15) is 0 Å². The van der Waals surface area contributed by atoms with Crippen LogP contribution in [0, 0.1) is 6.57 Å². The zero-order valence-electron chi connectivity index (χ0n) is 28.9. The third-order valence-electron chi connectivity index (χ3n) is 8.82. The molecule has 50 heavy (non-hydrogen) atoms. The highest BCUT2D eigenvalue weighted by Gasteiger charge is 2.32. The summed E-state index contributed by atoms with van der Waals surface area (Å²) in [5.74, 6) is -0.123. The first kappa shape index (κ1) is 38.4. The van der Waals surface area contributed by atoms with E-state index in [2.05, 4.69) is 25.4 Å². The monoisotopic (exact) mass is 694 g/mol. The second kappa shape index (κ2) is 20.3. The Labute approximate surface area is 293 Å². The Morgan fingerprint density at radius 2 is 1.78 bits per heavy atom. The molecule has 1 unspecified atom stereocenters. The van der Waals surface area contributed by atoms with E-state index < -0.39 is 12.2 Å². The number of piperazine rings is 1. The number of carbonyl (C=O) groups is 4. The topological polar surface area (TPSA) is 173 Å². The summed E-state index contributed by atoms with van der Waals surface area (Å²) >= 11 is 0. The van der Waals surface area contributed by atoms with Gasteiger partial charge in [0, 0.05) is 63.8 Å². The number of amides is 4. The summed E-state index contributed by atoms with van der Waals surface area (Å²) < 4.78 is 17.0. The summed E-state index contributed by atoms with van der Waals surface area (Å²) in [7, 11) is 0. The van der Waals surface area contributed by atoms with Gasteiger partial charge in [0.1, 0.15) is 5.75 Å². The van der Waals surface area contributed by atoms with Crippen LogP contribution in [0.5, 0.6) is 5.75 Å². The molecule has 4 N–H and O–H groups in total. The zero-order chi connectivity index (χ0) is 35.7. The molecule has 0 spiro atoms. The van der Waals surface area contributed by atoms with Crippen molar-refractivity contribution in [1.82, 2.24) is 30.3 Å². The Balaban J connectivity index is 1.08. The lowest BCUT2D eigenvalue weighted by Crippen LogP contribution is -2.49. The standard InChI is InChI=1S/C35H50N8O7/c1-3-29(36)35(47)39-12-21-49-23-22-48-20-10-32(44)42-17-15-41(16-18-42)13-5-19-50-26-7-8-30-28(24-26)27(9-11-38-30)34(46)40-25-33(45)43-14-4-6-31(43)37-2/h7-9,11,24,29,31H,3-6,10,12-23,25,36H2,1H3,(H,39,47)(H,40,46)/t29?,31-/m0/s1. The quantitative estimate of drug-likeness (QED) is 0.142. The average Bonchev–Trinajstić information content (AvgIpc) is 3.63. The lowest BCUT2D eigenvalue weighted by molar-refractivity contribution is -0.134. The molecule has 2 fully saturated rings. The molecule has 272 valence electrons. The fraction of sp³-hybridized carbons (Fsp3) is 0.600. The highest BCUT2D eigenvalue weighted by atomic mass is 16.5. The molecule has 15 heteroatoms. The summed E-state index contributed by atoms with van der Waals surface area (Å²) in [6, 6.07) is 6.55. The third kappa shape index (κ3) is 11.6. The minimum absolute atomic E-state index is 0.0784. The molecule has 2 saturated heterocycles. The molecule has 1 aromatic heterocycles. The number of pyridine rings is 1. The van der Waals surface area contributed by atoms with E-state index in [0.717, 1.165) is 32.5 Å². The molecule has 4 amide bonds. The number of rotatable bonds is 19. The van der Waals surface area contributed by atoms with Crippen molar-refractivity contribution in [3.8, 4) is 5.75 Å². The molecular weight excluding hydrogens is 644 g/mol. The van der Waals surface area contributed by atoms with Gasteiger partial charge >= 0.3 is 6.17 Å². The Kier molecular flexibility index (Phi) is 15.6. The summed E-state index contributed by atoms with van der Waals surface area (Å²) in [6.45, 7) is 15.6. The number of nitrogens with one attached hydrogen (secondary N) is 2. The second-order valence-corrected chi connectivity index (χ2v) is 12.3. The van der Waals surface area contributed by atoms with Gasteiger partial charge in [0.25, 0.3) is 5.91 Å². The van der Waals surface area contributed by atoms with Gasteiger partial charge in [-0.25, -0.2) is 6.57 Å². The second-order valence-electron chi connectivity index (χ2n) is 12.3. The maximum atomic E-state index is 13.0. The fourth-order valence-corrected chi connectivity index (χ4v) is 5.84. The van der Waals surface area contributed by atoms with Crippen LogP contribution >= 0.6 is 0 Å². The van der Waals surface area contributed by atoms with Crippen molar-refractivity contribution in [2.24, 2.45) is 5.73 Å². The number of ether oxygens (including phenoxy) is 3. The van der Waals surface area contributed by atoms with Crippen LogP contribution in [0.1, 0.15) is 49.4 Å². The molecule has 2 aromatic rings. The SMILES string of the molecule is [C-]#[N+][C@@H]1CCCN1C(=O)CNC(=O)c1ccnc2ccc(OCCCN3CCN(C(=O)CCOCCOCCNC(=O)C(N)CC)CC3)cc12. The first-order chi connectivity index (χ1) is 24.3. The van der Waals surface area contributed by atoms with Gasteiger partial charge in [-0.1, -0.05) is 6.92 Å². The van der Waals surface area contributed by atoms with Crippen molar-refractivity contribution >= 4 is 34.5 Å². The van der Waals surface area contributed by atoms with Crippen LogP contribution in [0.2, 0.25) is 0 Å². The molecule has 0 saturated carbocycles. The van der Waals surface area contributed by atoms with Crippen molar-refractivity contribution < 1.29 is 33.4 Å². The van der Waals surface area contributed by atoms with Crippen molar-refractivity contribution in [3.05, 3.63) is 47.4 Å². The van der Waals surface area contributed by atoms with Gasteiger partial charge in [0.15, 0.2) is 0 Å². The first-order valence-corrected chi connectivity index (χ1v) is 17.5. The van der Waals surface area contributed by atoms with E-state index in [4.69, 9.17) is 26.5 Å². The zero-order valence-corrected chi connectivity index (χ0v) is 28.9. The maximum Gasteiger partial charge on any atom is 0.300 e. The molecule has 2 atom stereocenters. The largest absolute Gasteiger partial charge is 0.494 e. The number of aromatic nitrogens is 1. The van der Waals surface area contributed by atoms with E-state index in [9.17, 15) is 19.2 Å². The summed E-state index contributed by atoms with van der Waals surface area (Å²) in [6.07, 6.45) is 4.27. The number of nitrogens with zero attached hydrogens (tertiary/aromatic N) is 5. The molecule has 1 aromatic carbocycles. The van der Waals surface area contributed by atoms with Crippen molar-refractivity contribution in [3.63, 3.8) is 0 Å². The Bertz CT molecular complexity index is 1480. The first-order valence-electron chi connectivity index (χ1n) is 17.5. The minimum Gasteiger partial charge on any atom is -0.494 e. The van der Waals surface area contributed by atoms with Crippen molar-refractivity contribution in [1.29, 1.82) is 0 Å². The van der Waals surface area contributed by atoms with Gasteiger partial charge < -0.3 is 35.5 Å². The highest BCUT2D eigenvalue weighted by molar-refractivity contribution is 6.07. The highest BCUT2D eigenvalue weighted by Crippen LogP contribution is 2.23. The van der Waals surface area contributed by atoms with Gasteiger partial charge in [-0.3, -0.25) is 38.8 Å². The smallest absolute Gasteiger partial charge is 0.300 e. The molecule has 0 aliphatic carbocycles.